The van der Waals surface area contributed by atoms with Gasteiger partial charge in [0, 0.05) is 22.6 Å². The number of carbonyl (C=O) groups excluding carboxylic acids is 2. The Morgan fingerprint density at radius 3 is 2.33 bits per heavy atom. The molecular formula is C31H27BrClN3O5S. The van der Waals surface area contributed by atoms with E-state index in [0.29, 0.717) is 28.6 Å². The van der Waals surface area contributed by atoms with Crippen molar-refractivity contribution in [2.45, 2.75) is 24.1 Å². The van der Waals surface area contributed by atoms with E-state index in [1.807, 2.05) is 30.3 Å². The minimum absolute atomic E-state index is 0.0334. The minimum atomic E-state index is -4.12. The molecule has 1 aliphatic heterocycles. The van der Waals surface area contributed by atoms with Crippen molar-refractivity contribution in [1.82, 2.24) is 9.62 Å². The Hall–Kier alpha value is -3.70. The number of benzene rings is 4. The van der Waals surface area contributed by atoms with Crippen molar-refractivity contribution in [1.29, 1.82) is 0 Å². The molecular weight excluding hydrogens is 642 g/mol. The summed E-state index contributed by atoms with van der Waals surface area (Å²) in [5.74, 6) is -0.550. The third-order valence-corrected chi connectivity index (χ3v) is 9.45. The van der Waals surface area contributed by atoms with Crippen LogP contribution in [0.3, 0.4) is 0 Å². The van der Waals surface area contributed by atoms with Crippen LogP contribution in [-0.2, 0) is 32.7 Å². The number of ether oxygens (including phenoxy) is 1. The second-order valence-electron chi connectivity index (χ2n) is 9.60. The summed E-state index contributed by atoms with van der Waals surface area (Å²) in [6.45, 7) is -0.409. The molecule has 1 N–H and O–H groups in total. The number of fused-ring (bicyclic) bond motifs is 1. The standard InChI is InChI=1S/C31H27BrClN3O5S/c32-24-14-16-25(17-15-24)42(39,40)35(19-23-10-4-5-11-26(23)33)21-30(37)36-20-29(41-28-13-7-6-12-27(28)36)31(38)34-18-22-8-2-1-3-9-22/h1-17,29H,18-21H2,(H,34,38)/t29-/m0/s1. The number of rotatable bonds is 9. The van der Waals surface area contributed by atoms with Gasteiger partial charge in [-0.2, -0.15) is 4.31 Å². The Kier molecular flexibility index (Phi) is 9.27. The van der Waals surface area contributed by atoms with Gasteiger partial charge in [-0.3, -0.25) is 9.59 Å². The number of amides is 2. The second kappa shape index (κ2) is 13.1. The molecule has 0 spiro atoms. The predicted octanol–water partition coefficient (Wildman–Crippen LogP) is 5.40. The Labute approximate surface area is 258 Å². The fourth-order valence-electron chi connectivity index (χ4n) is 4.54. The van der Waals surface area contributed by atoms with Gasteiger partial charge in [-0.05, 0) is 53.6 Å². The zero-order chi connectivity index (χ0) is 29.7. The average Bonchev–Trinajstić information content (AvgIpc) is 3.00. The fourth-order valence-corrected chi connectivity index (χ4v) is 6.37. The summed E-state index contributed by atoms with van der Waals surface area (Å²) in [5, 5.41) is 3.24. The molecule has 42 heavy (non-hydrogen) atoms. The number of carbonyl (C=O) groups is 2. The predicted molar refractivity (Wildman–Crippen MR) is 165 cm³/mol. The lowest BCUT2D eigenvalue weighted by atomic mass is 10.1. The number of nitrogens with one attached hydrogen (secondary N) is 1. The van der Waals surface area contributed by atoms with Crippen LogP contribution >= 0.6 is 27.5 Å². The van der Waals surface area contributed by atoms with Crippen molar-refractivity contribution in [3.8, 4) is 5.75 Å². The average molecular weight is 669 g/mol. The van der Waals surface area contributed by atoms with Crippen LogP contribution in [0, 0.1) is 0 Å². The van der Waals surface area contributed by atoms with Crippen molar-refractivity contribution in [3.63, 3.8) is 0 Å². The summed E-state index contributed by atoms with van der Waals surface area (Å²) in [6, 6.07) is 29.4. The molecule has 2 amide bonds. The summed E-state index contributed by atoms with van der Waals surface area (Å²) >= 11 is 9.71. The number of para-hydroxylation sites is 2. The van der Waals surface area contributed by atoms with Crippen LogP contribution in [0.2, 0.25) is 5.02 Å². The maximum Gasteiger partial charge on any atom is 0.263 e. The van der Waals surface area contributed by atoms with E-state index in [9.17, 15) is 18.0 Å². The summed E-state index contributed by atoms with van der Waals surface area (Å²) in [7, 11) is -4.12. The van der Waals surface area contributed by atoms with E-state index in [0.717, 1.165) is 14.3 Å². The van der Waals surface area contributed by atoms with Gasteiger partial charge in [0.1, 0.15) is 5.75 Å². The SMILES string of the molecule is O=C(NCc1ccccc1)[C@@H]1CN(C(=O)CN(Cc2ccccc2Cl)S(=O)(=O)c2ccc(Br)cc2)c2ccccc2O1. The van der Waals surface area contributed by atoms with Gasteiger partial charge in [-0.1, -0.05) is 88.2 Å². The van der Waals surface area contributed by atoms with Gasteiger partial charge >= 0.3 is 0 Å². The largest absolute Gasteiger partial charge is 0.477 e. The Morgan fingerprint density at radius 1 is 0.929 bits per heavy atom. The van der Waals surface area contributed by atoms with Gasteiger partial charge in [0.05, 0.1) is 23.7 Å². The maximum atomic E-state index is 13.9. The number of hydrogen-bond acceptors (Lipinski definition) is 5. The van der Waals surface area contributed by atoms with E-state index in [1.165, 1.54) is 17.0 Å². The molecule has 4 aromatic carbocycles. The van der Waals surface area contributed by atoms with Gasteiger partial charge in [-0.25, -0.2) is 8.42 Å². The summed E-state index contributed by atoms with van der Waals surface area (Å²) in [5.41, 5.74) is 1.92. The lowest BCUT2D eigenvalue weighted by Gasteiger charge is -2.35. The molecule has 216 valence electrons. The molecule has 0 aromatic heterocycles. The topological polar surface area (TPSA) is 96.0 Å². The van der Waals surface area contributed by atoms with E-state index >= 15 is 0 Å². The highest BCUT2D eigenvalue weighted by Gasteiger charge is 2.36. The van der Waals surface area contributed by atoms with E-state index in [4.69, 9.17) is 16.3 Å². The van der Waals surface area contributed by atoms with E-state index in [1.54, 1.807) is 60.7 Å². The van der Waals surface area contributed by atoms with Crippen LogP contribution < -0.4 is 15.0 Å². The summed E-state index contributed by atoms with van der Waals surface area (Å²) in [6.07, 6.45) is -0.993. The second-order valence-corrected chi connectivity index (χ2v) is 12.9. The lowest BCUT2D eigenvalue weighted by Crippen LogP contribution is -2.52. The molecule has 11 heteroatoms. The fraction of sp³-hybridized carbons (Fsp3) is 0.161. The first kappa shape index (κ1) is 29.8. The van der Waals surface area contributed by atoms with Crippen LogP contribution in [0.1, 0.15) is 11.1 Å². The van der Waals surface area contributed by atoms with E-state index in [2.05, 4.69) is 21.2 Å². The zero-order valence-electron chi connectivity index (χ0n) is 22.3. The van der Waals surface area contributed by atoms with Gasteiger partial charge < -0.3 is 15.0 Å². The van der Waals surface area contributed by atoms with Crippen molar-refractivity contribution >= 4 is 55.1 Å². The zero-order valence-corrected chi connectivity index (χ0v) is 25.5. The van der Waals surface area contributed by atoms with Gasteiger partial charge in [0.25, 0.3) is 5.91 Å². The molecule has 4 aromatic rings. The first-order valence-electron chi connectivity index (χ1n) is 13.1. The molecule has 1 heterocycles. The first-order chi connectivity index (χ1) is 20.2. The highest BCUT2D eigenvalue weighted by Crippen LogP contribution is 2.34. The van der Waals surface area contributed by atoms with Gasteiger partial charge in [-0.15, -0.1) is 0 Å². The third-order valence-electron chi connectivity index (χ3n) is 6.74. The molecule has 0 saturated carbocycles. The van der Waals surface area contributed by atoms with Crippen molar-refractivity contribution in [2.24, 2.45) is 0 Å². The normalized spacial score (nSPS) is 14.6. The van der Waals surface area contributed by atoms with Crippen molar-refractivity contribution < 1.29 is 22.7 Å². The van der Waals surface area contributed by atoms with Crippen LogP contribution in [-0.4, -0.2) is 43.7 Å². The monoisotopic (exact) mass is 667 g/mol. The molecule has 0 unspecified atom stereocenters. The van der Waals surface area contributed by atoms with Crippen molar-refractivity contribution in [3.05, 3.63) is 124 Å². The van der Waals surface area contributed by atoms with Crippen LogP contribution in [0.4, 0.5) is 5.69 Å². The van der Waals surface area contributed by atoms with Gasteiger partial charge in [0.2, 0.25) is 15.9 Å². The highest BCUT2D eigenvalue weighted by atomic mass is 79.9. The third kappa shape index (κ3) is 6.84. The molecule has 0 bridgehead atoms. The summed E-state index contributed by atoms with van der Waals surface area (Å²) < 4.78 is 35.4. The molecule has 0 aliphatic carbocycles. The number of sulfonamides is 1. The molecule has 0 fully saturated rings. The van der Waals surface area contributed by atoms with Gasteiger partial charge in [0.15, 0.2) is 6.10 Å². The number of anilines is 1. The number of hydrogen-bond donors (Lipinski definition) is 1. The molecule has 1 aliphatic rings. The number of nitrogens with zero attached hydrogens (tertiary/aromatic N) is 2. The lowest BCUT2D eigenvalue weighted by molar-refractivity contribution is -0.128. The Balaban J connectivity index is 1.41. The van der Waals surface area contributed by atoms with E-state index < -0.39 is 28.6 Å². The molecule has 8 nitrogen and oxygen atoms in total. The Bertz CT molecular complexity index is 1690. The van der Waals surface area contributed by atoms with Crippen LogP contribution in [0.15, 0.2) is 112 Å². The minimum Gasteiger partial charge on any atom is -0.477 e. The molecule has 0 saturated heterocycles. The first-order valence-corrected chi connectivity index (χ1v) is 15.7. The Morgan fingerprint density at radius 2 is 1.60 bits per heavy atom. The van der Waals surface area contributed by atoms with Crippen molar-refractivity contribution in [2.75, 3.05) is 18.0 Å². The maximum absolute atomic E-state index is 13.9. The number of halogens is 2. The van der Waals surface area contributed by atoms with E-state index in [-0.39, 0.29) is 23.9 Å². The summed E-state index contributed by atoms with van der Waals surface area (Å²) in [4.78, 5) is 28.5. The van der Waals surface area contributed by atoms with Crippen LogP contribution in [0.5, 0.6) is 5.75 Å². The smallest absolute Gasteiger partial charge is 0.263 e. The van der Waals surface area contributed by atoms with Crippen LogP contribution in [0.25, 0.3) is 0 Å². The quantitative estimate of drug-likeness (QED) is 0.258. The highest BCUT2D eigenvalue weighted by molar-refractivity contribution is 9.10. The molecule has 1 atom stereocenters. The molecule has 0 radical (unpaired) electrons. The molecule has 5 rings (SSSR count).